The van der Waals surface area contributed by atoms with Gasteiger partial charge in [-0.1, -0.05) is 13.8 Å². The standard InChI is InChI=1S/C17H29N5O6/c1-8(2)13(17(27)28)21-14(24)9(3)20-15(25)11-5-4-6-22(11)16(26)10(18)7-12(19)23/h8-11,13H,4-7,18H2,1-3H3,(H2,19,23)(H,20,25)(H,21,24)(H,27,28). The summed E-state index contributed by atoms with van der Waals surface area (Å²) in [5.74, 6) is -3.97. The number of likely N-dealkylation sites (tertiary alicyclic amines) is 1. The van der Waals surface area contributed by atoms with Gasteiger partial charge in [0.1, 0.15) is 18.1 Å². The van der Waals surface area contributed by atoms with Crippen LogP contribution in [-0.4, -0.2) is 70.3 Å². The SMILES string of the molecule is CC(NC(=O)C1CCCN1C(=O)C(N)CC(N)=O)C(=O)NC(C(=O)O)C(C)C. The van der Waals surface area contributed by atoms with E-state index in [1.165, 1.54) is 11.8 Å². The van der Waals surface area contributed by atoms with Crippen LogP contribution in [0.2, 0.25) is 0 Å². The lowest BCUT2D eigenvalue weighted by Crippen LogP contribution is -2.56. The minimum Gasteiger partial charge on any atom is -0.480 e. The van der Waals surface area contributed by atoms with Crippen molar-refractivity contribution in [3.63, 3.8) is 0 Å². The van der Waals surface area contributed by atoms with E-state index in [1.54, 1.807) is 13.8 Å². The highest BCUT2D eigenvalue weighted by molar-refractivity contribution is 5.95. The van der Waals surface area contributed by atoms with E-state index in [9.17, 15) is 24.0 Å². The Labute approximate surface area is 163 Å². The van der Waals surface area contributed by atoms with Gasteiger partial charge < -0.3 is 32.1 Å². The summed E-state index contributed by atoms with van der Waals surface area (Å²) in [6, 6.07) is -4.02. The zero-order valence-electron chi connectivity index (χ0n) is 16.3. The third kappa shape index (κ3) is 6.19. The zero-order chi connectivity index (χ0) is 21.6. The average Bonchev–Trinajstić information content (AvgIpc) is 3.06. The van der Waals surface area contributed by atoms with Crippen LogP contribution in [0.4, 0.5) is 0 Å². The minimum atomic E-state index is -1.17. The van der Waals surface area contributed by atoms with Crippen molar-refractivity contribution in [3.05, 3.63) is 0 Å². The smallest absolute Gasteiger partial charge is 0.326 e. The molecular formula is C17H29N5O6. The molecule has 4 amide bonds. The number of carbonyl (C=O) groups excluding carboxylic acids is 4. The molecule has 1 heterocycles. The van der Waals surface area contributed by atoms with E-state index in [1.807, 2.05) is 0 Å². The van der Waals surface area contributed by atoms with E-state index in [0.29, 0.717) is 19.4 Å². The molecule has 158 valence electrons. The molecule has 0 spiro atoms. The van der Waals surface area contributed by atoms with Crippen LogP contribution < -0.4 is 22.1 Å². The van der Waals surface area contributed by atoms with Crippen molar-refractivity contribution < 1.29 is 29.1 Å². The topological polar surface area (TPSA) is 185 Å². The number of rotatable bonds is 9. The number of aliphatic carboxylic acids is 1. The predicted octanol–water partition coefficient (Wildman–Crippen LogP) is -2.09. The van der Waals surface area contributed by atoms with Gasteiger partial charge in [-0.3, -0.25) is 19.2 Å². The van der Waals surface area contributed by atoms with E-state index in [2.05, 4.69) is 10.6 Å². The Morgan fingerprint density at radius 2 is 1.75 bits per heavy atom. The minimum absolute atomic E-state index is 0.304. The highest BCUT2D eigenvalue weighted by Crippen LogP contribution is 2.19. The Morgan fingerprint density at radius 3 is 2.25 bits per heavy atom. The maximum atomic E-state index is 12.5. The number of carbonyl (C=O) groups is 5. The van der Waals surface area contributed by atoms with Crippen molar-refractivity contribution >= 4 is 29.6 Å². The fraction of sp³-hybridized carbons (Fsp3) is 0.706. The summed E-state index contributed by atoms with van der Waals surface area (Å²) in [6.07, 6.45) is 0.634. The fourth-order valence-corrected chi connectivity index (χ4v) is 2.99. The van der Waals surface area contributed by atoms with Gasteiger partial charge in [-0.05, 0) is 25.7 Å². The lowest BCUT2D eigenvalue weighted by molar-refractivity contribution is -0.144. The molecule has 4 atom stereocenters. The van der Waals surface area contributed by atoms with Gasteiger partial charge in [0, 0.05) is 6.54 Å². The van der Waals surface area contributed by atoms with Gasteiger partial charge in [0.2, 0.25) is 23.6 Å². The van der Waals surface area contributed by atoms with E-state index in [-0.39, 0.29) is 12.3 Å². The van der Waals surface area contributed by atoms with Crippen LogP contribution in [0.25, 0.3) is 0 Å². The number of carboxylic acid groups (broad SMARTS) is 1. The first kappa shape index (κ1) is 23.3. The van der Waals surface area contributed by atoms with E-state index in [0.717, 1.165) is 0 Å². The monoisotopic (exact) mass is 399 g/mol. The third-order valence-corrected chi connectivity index (χ3v) is 4.56. The van der Waals surface area contributed by atoms with Crippen LogP contribution in [0.15, 0.2) is 0 Å². The lowest BCUT2D eigenvalue weighted by Gasteiger charge is -2.27. The molecule has 28 heavy (non-hydrogen) atoms. The van der Waals surface area contributed by atoms with Crippen molar-refractivity contribution in [2.24, 2.45) is 17.4 Å². The summed E-state index contributed by atoms with van der Waals surface area (Å²) >= 11 is 0. The molecule has 0 aliphatic carbocycles. The van der Waals surface area contributed by atoms with Crippen LogP contribution in [0.5, 0.6) is 0 Å². The van der Waals surface area contributed by atoms with Gasteiger partial charge in [0.15, 0.2) is 0 Å². The molecule has 1 aliphatic heterocycles. The molecule has 1 aliphatic rings. The Hall–Kier alpha value is -2.69. The molecular weight excluding hydrogens is 370 g/mol. The first-order chi connectivity index (χ1) is 13.0. The van der Waals surface area contributed by atoms with Crippen LogP contribution in [-0.2, 0) is 24.0 Å². The number of nitrogens with two attached hydrogens (primary N) is 2. The molecule has 0 bridgehead atoms. The first-order valence-corrected chi connectivity index (χ1v) is 9.13. The number of nitrogens with one attached hydrogen (secondary N) is 2. The Balaban J connectivity index is 2.71. The molecule has 1 saturated heterocycles. The predicted molar refractivity (Wildman–Crippen MR) is 98.5 cm³/mol. The van der Waals surface area contributed by atoms with E-state index < -0.39 is 53.8 Å². The number of nitrogens with zero attached hydrogens (tertiary/aromatic N) is 1. The summed E-state index contributed by atoms with van der Waals surface area (Å²) in [6.45, 7) is 5.03. The largest absolute Gasteiger partial charge is 0.480 e. The summed E-state index contributed by atoms with van der Waals surface area (Å²) in [7, 11) is 0. The van der Waals surface area contributed by atoms with Crippen molar-refractivity contribution in [3.8, 4) is 0 Å². The highest BCUT2D eigenvalue weighted by Gasteiger charge is 2.37. The third-order valence-electron chi connectivity index (χ3n) is 4.56. The van der Waals surface area contributed by atoms with Crippen molar-refractivity contribution in [1.29, 1.82) is 0 Å². The second-order valence-corrected chi connectivity index (χ2v) is 7.27. The normalized spacial score (nSPS) is 19.6. The Morgan fingerprint density at radius 1 is 1.14 bits per heavy atom. The molecule has 0 aromatic carbocycles. The van der Waals surface area contributed by atoms with Gasteiger partial charge in [-0.15, -0.1) is 0 Å². The summed E-state index contributed by atoms with van der Waals surface area (Å²) < 4.78 is 0. The maximum absolute atomic E-state index is 12.5. The molecule has 4 unspecified atom stereocenters. The van der Waals surface area contributed by atoms with Crippen molar-refractivity contribution in [1.82, 2.24) is 15.5 Å². The van der Waals surface area contributed by atoms with Gasteiger partial charge in [0.25, 0.3) is 0 Å². The lowest BCUT2D eigenvalue weighted by atomic mass is 10.0. The number of primary amides is 1. The Bertz CT molecular complexity index is 638. The van der Waals surface area contributed by atoms with Crippen LogP contribution >= 0.6 is 0 Å². The number of carboxylic acids is 1. The van der Waals surface area contributed by atoms with Crippen LogP contribution in [0.1, 0.15) is 40.0 Å². The van der Waals surface area contributed by atoms with Crippen LogP contribution in [0.3, 0.4) is 0 Å². The molecule has 7 N–H and O–H groups in total. The molecule has 0 saturated carbocycles. The molecule has 0 aromatic heterocycles. The number of hydrogen-bond acceptors (Lipinski definition) is 6. The average molecular weight is 399 g/mol. The van der Waals surface area contributed by atoms with Crippen molar-refractivity contribution in [2.45, 2.75) is 64.2 Å². The second-order valence-electron chi connectivity index (χ2n) is 7.27. The molecule has 0 radical (unpaired) electrons. The number of amides is 4. The number of hydrogen-bond donors (Lipinski definition) is 5. The molecule has 11 nitrogen and oxygen atoms in total. The quantitative estimate of drug-likeness (QED) is 0.294. The van der Waals surface area contributed by atoms with E-state index >= 15 is 0 Å². The molecule has 1 rings (SSSR count). The maximum Gasteiger partial charge on any atom is 0.326 e. The summed E-state index contributed by atoms with van der Waals surface area (Å²) in [4.78, 5) is 60.6. The molecule has 1 fully saturated rings. The van der Waals surface area contributed by atoms with Crippen molar-refractivity contribution in [2.75, 3.05) is 6.54 Å². The first-order valence-electron chi connectivity index (χ1n) is 9.13. The molecule has 0 aromatic rings. The zero-order valence-corrected chi connectivity index (χ0v) is 16.3. The Kier molecular flexibility index (Phi) is 8.35. The van der Waals surface area contributed by atoms with E-state index in [4.69, 9.17) is 16.6 Å². The van der Waals surface area contributed by atoms with Crippen LogP contribution in [0, 0.1) is 5.92 Å². The second kappa shape index (κ2) is 10.0. The highest BCUT2D eigenvalue weighted by atomic mass is 16.4. The summed E-state index contributed by atoms with van der Waals surface area (Å²) in [5.41, 5.74) is 10.7. The van der Waals surface area contributed by atoms with Gasteiger partial charge in [-0.25, -0.2) is 4.79 Å². The molecule has 11 heteroatoms. The van der Waals surface area contributed by atoms with Gasteiger partial charge in [0.05, 0.1) is 12.5 Å². The summed E-state index contributed by atoms with van der Waals surface area (Å²) in [5, 5.41) is 14.0. The van der Waals surface area contributed by atoms with Gasteiger partial charge >= 0.3 is 5.97 Å². The van der Waals surface area contributed by atoms with Gasteiger partial charge in [-0.2, -0.15) is 0 Å². The fourth-order valence-electron chi connectivity index (χ4n) is 2.99.